The number of hydrogen-bond acceptors (Lipinski definition) is 3. The van der Waals surface area contributed by atoms with Crippen molar-refractivity contribution in [1.29, 1.82) is 0 Å². The quantitative estimate of drug-likeness (QED) is 0.697. The van der Waals surface area contributed by atoms with Crippen molar-refractivity contribution < 1.29 is 5.11 Å². The molecule has 0 amide bonds. The molecule has 120 valence electrons. The van der Waals surface area contributed by atoms with Gasteiger partial charge in [0, 0.05) is 13.1 Å². The summed E-state index contributed by atoms with van der Waals surface area (Å²) in [5.41, 5.74) is 6.82. The molecule has 1 rings (SSSR count). The second kappa shape index (κ2) is 9.19. The van der Waals surface area contributed by atoms with Crippen molar-refractivity contribution >= 4 is 0 Å². The first kappa shape index (κ1) is 18.1. The van der Waals surface area contributed by atoms with E-state index in [1.54, 1.807) is 0 Å². The van der Waals surface area contributed by atoms with Crippen LogP contribution in [0.25, 0.3) is 0 Å². The Hall–Kier alpha value is -0.900. The molecule has 0 aliphatic heterocycles. The monoisotopic (exact) mass is 292 g/mol. The molecule has 3 heteroatoms. The molecule has 0 saturated heterocycles. The van der Waals surface area contributed by atoms with Crippen molar-refractivity contribution in [3.8, 4) is 0 Å². The highest BCUT2D eigenvalue weighted by molar-refractivity contribution is 5.24. The van der Waals surface area contributed by atoms with E-state index in [9.17, 15) is 5.11 Å². The van der Waals surface area contributed by atoms with Crippen LogP contribution in [0.4, 0.5) is 0 Å². The van der Waals surface area contributed by atoms with Crippen LogP contribution >= 0.6 is 0 Å². The zero-order chi connectivity index (χ0) is 15.7. The van der Waals surface area contributed by atoms with E-state index in [0.29, 0.717) is 0 Å². The highest BCUT2D eigenvalue weighted by Crippen LogP contribution is 2.22. The Morgan fingerprint density at radius 2 is 1.76 bits per heavy atom. The average molecular weight is 292 g/mol. The topological polar surface area (TPSA) is 49.5 Å². The molecule has 0 bridgehead atoms. The van der Waals surface area contributed by atoms with Gasteiger partial charge in [-0.25, -0.2) is 0 Å². The molecule has 1 atom stereocenters. The number of nitrogens with zero attached hydrogens (tertiary/aromatic N) is 1. The predicted octanol–water partition coefficient (Wildman–Crippen LogP) is 2.98. The van der Waals surface area contributed by atoms with Crippen LogP contribution in [0.3, 0.4) is 0 Å². The number of hydrogen-bond donors (Lipinski definition) is 2. The lowest BCUT2D eigenvalue weighted by Gasteiger charge is -2.32. The highest BCUT2D eigenvalue weighted by atomic mass is 16.3. The van der Waals surface area contributed by atoms with Crippen molar-refractivity contribution in [3.05, 3.63) is 35.9 Å². The van der Waals surface area contributed by atoms with Crippen LogP contribution in [-0.2, 0) is 5.54 Å². The second-order valence-corrected chi connectivity index (χ2v) is 6.01. The molecule has 3 nitrogen and oxygen atoms in total. The van der Waals surface area contributed by atoms with Crippen LogP contribution in [0, 0.1) is 5.92 Å². The van der Waals surface area contributed by atoms with Crippen molar-refractivity contribution in [2.75, 3.05) is 26.2 Å². The van der Waals surface area contributed by atoms with Crippen molar-refractivity contribution in [2.24, 2.45) is 11.7 Å². The molecule has 0 aliphatic rings. The smallest absolute Gasteiger partial charge is 0.0656 e. The number of aliphatic hydroxyl groups excluding tert-OH is 1. The summed E-state index contributed by atoms with van der Waals surface area (Å²) in [6, 6.07) is 9.95. The molecule has 0 radical (unpaired) electrons. The van der Waals surface area contributed by atoms with E-state index < -0.39 is 5.54 Å². The van der Waals surface area contributed by atoms with Gasteiger partial charge in [0.2, 0.25) is 0 Å². The number of nitrogens with two attached hydrogens (primary N) is 1. The molecule has 0 spiro atoms. The fraction of sp³-hybridized carbons (Fsp3) is 0.667. The molecule has 1 unspecified atom stereocenters. The van der Waals surface area contributed by atoms with Gasteiger partial charge in [0.25, 0.3) is 0 Å². The van der Waals surface area contributed by atoms with Gasteiger partial charge >= 0.3 is 0 Å². The minimum absolute atomic E-state index is 0.0143. The van der Waals surface area contributed by atoms with Gasteiger partial charge in [0.1, 0.15) is 0 Å². The molecule has 1 aromatic carbocycles. The Labute approximate surface area is 130 Å². The van der Waals surface area contributed by atoms with E-state index in [1.165, 1.54) is 12.8 Å². The molecule has 3 N–H and O–H groups in total. The standard InChI is InChI=1S/C18H32N2O/c1-4-16(5-2)14-20(6-3)13-12-18(19,15-21)17-10-8-7-9-11-17/h7-11,16,21H,4-6,12-15,19H2,1-3H3. The Kier molecular flexibility index (Phi) is 7.94. The Bertz CT molecular complexity index is 378. The van der Waals surface area contributed by atoms with Gasteiger partial charge in [0.15, 0.2) is 0 Å². The van der Waals surface area contributed by atoms with Gasteiger partial charge in [0.05, 0.1) is 12.1 Å². The van der Waals surface area contributed by atoms with Gasteiger partial charge in [-0.1, -0.05) is 63.9 Å². The van der Waals surface area contributed by atoms with E-state index in [1.807, 2.05) is 30.3 Å². The van der Waals surface area contributed by atoms with Crippen molar-refractivity contribution in [2.45, 2.75) is 45.6 Å². The van der Waals surface area contributed by atoms with Gasteiger partial charge in [-0.15, -0.1) is 0 Å². The number of benzene rings is 1. The third kappa shape index (κ3) is 5.42. The molecule has 21 heavy (non-hydrogen) atoms. The first-order valence-electron chi connectivity index (χ1n) is 8.27. The van der Waals surface area contributed by atoms with Crippen LogP contribution in [-0.4, -0.2) is 36.2 Å². The van der Waals surface area contributed by atoms with E-state index in [-0.39, 0.29) is 6.61 Å². The fourth-order valence-corrected chi connectivity index (χ4v) is 2.73. The lowest BCUT2D eigenvalue weighted by Crippen LogP contribution is -2.44. The van der Waals surface area contributed by atoms with Gasteiger partial charge in [-0.3, -0.25) is 0 Å². The lowest BCUT2D eigenvalue weighted by molar-refractivity contribution is 0.156. The summed E-state index contributed by atoms with van der Waals surface area (Å²) in [6.07, 6.45) is 3.22. The predicted molar refractivity (Wildman–Crippen MR) is 90.2 cm³/mol. The molecule has 0 aliphatic carbocycles. The molecule has 0 heterocycles. The third-order valence-corrected chi connectivity index (χ3v) is 4.62. The minimum atomic E-state index is -0.636. The SMILES string of the molecule is CCC(CC)CN(CC)CCC(N)(CO)c1ccccc1. The zero-order valence-corrected chi connectivity index (χ0v) is 13.9. The molecule has 1 aromatic rings. The molecule has 0 fully saturated rings. The summed E-state index contributed by atoms with van der Waals surface area (Å²) in [6.45, 7) is 9.78. The van der Waals surface area contributed by atoms with E-state index in [4.69, 9.17) is 5.73 Å². The molecular weight excluding hydrogens is 260 g/mol. The number of rotatable bonds is 10. The second-order valence-electron chi connectivity index (χ2n) is 6.01. The number of aliphatic hydroxyl groups is 1. The lowest BCUT2D eigenvalue weighted by atomic mass is 9.88. The average Bonchev–Trinajstić information content (AvgIpc) is 2.55. The summed E-state index contributed by atoms with van der Waals surface area (Å²) in [5, 5.41) is 9.76. The maximum Gasteiger partial charge on any atom is 0.0656 e. The van der Waals surface area contributed by atoms with Gasteiger partial charge < -0.3 is 15.7 Å². The fourth-order valence-electron chi connectivity index (χ4n) is 2.73. The summed E-state index contributed by atoms with van der Waals surface area (Å²) in [4.78, 5) is 2.46. The first-order chi connectivity index (χ1) is 10.1. The minimum Gasteiger partial charge on any atom is -0.394 e. The van der Waals surface area contributed by atoms with E-state index in [2.05, 4.69) is 25.7 Å². The van der Waals surface area contributed by atoms with Gasteiger partial charge in [-0.2, -0.15) is 0 Å². The van der Waals surface area contributed by atoms with Crippen LogP contribution in [0.2, 0.25) is 0 Å². The summed E-state index contributed by atoms with van der Waals surface area (Å²) in [5.74, 6) is 0.753. The Morgan fingerprint density at radius 1 is 1.14 bits per heavy atom. The van der Waals surface area contributed by atoms with Crippen LogP contribution in [0.1, 0.15) is 45.6 Å². The maximum absolute atomic E-state index is 9.76. The third-order valence-electron chi connectivity index (χ3n) is 4.62. The zero-order valence-electron chi connectivity index (χ0n) is 13.9. The highest BCUT2D eigenvalue weighted by Gasteiger charge is 2.27. The van der Waals surface area contributed by atoms with Crippen LogP contribution < -0.4 is 5.73 Å². The first-order valence-corrected chi connectivity index (χ1v) is 8.27. The van der Waals surface area contributed by atoms with E-state index >= 15 is 0 Å². The van der Waals surface area contributed by atoms with Crippen LogP contribution in [0.15, 0.2) is 30.3 Å². The molecule has 0 aromatic heterocycles. The summed E-state index contributed by atoms with van der Waals surface area (Å²) in [7, 11) is 0. The van der Waals surface area contributed by atoms with Crippen molar-refractivity contribution in [3.63, 3.8) is 0 Å². The Morgan fingerprint density at radius 3 is 2.24 bits per heavy atom. The normalized spacial score (nSPS) is 14.6. The molecular formula is C18H32N2O. The summed E-state index contributed by atoms with van der Waals surface area (Å²) >= 11 is 0. The van der Waals surface area contributed by atoms with Crippen LogP contribution in [0.5, 0.6) is 0 Å². The van der Waals surface area contributed by atoms with Crippen molar-refractivity contribution in [1.82, 2.24) is 4.90 Å². The maximum atomic E-state index is 9.76. The van der Waals surface area contributed by atoms with Gasteiger partial charge in [-0.05, 0) is 24.4 Å². The molecule has 0 saturated carbocycles. The van der Waals surface area contributed by atoms with E-state index in [0.717, 1.165) is 37.5 Å². The summed E-state index contributed by atoms with van der Waals surface area (Å²) < 4.78 is 0. The largest absolute Gasteiger partial charge is 0.394 e. The Balaban J connectivity index is 2.64.